The van der Waals surface area contributed by atoms with Crippen LogP contribution in [0.15, 0.2) is 0 Å². The molecule has 1 fully saturated rings. The number of ether oxygens (including phenoxy) is 1. The first-order chi connectivity index (χ1) is 10.9. The maximum Gasteiger partial charge on any atom is 0.223 e. The Morgan fingerprint density at radius 1 is 1.43 bits per heavy atom. The van der Waals surface area contributed by atoms with Gasteiger partial charge in [0.2, 0.25) is 11.8 Å². The molecule has 7 nitrogen and oxygen atoms in total. The largest absolute Gasteiger partial charge is 0.377 e. The van der Waals surface area contributed by atoms with Crippen LogP contribution in [0.5, 0.6) is 0 Å². The van der Waals surface area contributed by atoms with Crippen LogP contribution in [0, 0.1) is 13.8 Å². The minimum absolute atomic E-state index is 0.0198. The Kier molecular flexibility index (Phi) is 5.76. The van der Waals surface area contributed by atoms with Gasteiger partial charge in [-0.2, -0.15) is 5.10 Å². The molecule has 1 aromatic rings. The average Bonchev–Trinajstić information content (AvgIpc) is 2.85. The summed E-state index contributed by atoms with van der Waals surface area (Å²) in [6.45, 7) is 7.69. The summed E-state index contributed by atoms with van der Waals surface area (Å²) in [7, 11) is 1.75. The molecule has 1 saturated heterocycles. The molecule has 1 aromatic heterocycles. The van der Waals surface area contributed by atoms with Gasteiger partial charge in [0.25, 0.3) is 0 Å². The van der Waals surface area contributed by atoms with E-state index in [1.807, 2.05) is 18.7 Å². The molecule has 2 heterocycles. The highest BCUT2D eigenvalue weighted by molar-refractivity contribution is 5.77. The average molecular weight is 322 g/mol. The lowest BCUT2D eigenvalue weighted by Crippen LogP contribution is -2.44. The number of amides is 2. The zero-order chi connectivity index (χ0) is 17.0. The van der Waals surface area contributed by atoms with E-state index in [-0.39, 0.29) is 17.9 Å². The maximum absolute atomic E-state index is 12.6. The number of rotatable bonds is 5. The van der Waals surface area contributed by atoms with Gasteiger partial charge in [-0.05, 0) is 20.3 Å². The van der Waals surface area contributed by atoms with Crippen molar-refractivity contribution in [3.63, 3.8) is 0 Å². The van der Waals surface area contributed by atoms with Crippen LogP contribution in [0.3, 0.4) is 0 Å². The van der Waals surface area contributed by atoms with E-state index in [0.29, 0.717) is 39.1 Å². The number of carbonyl (C=O) groups excluding carboxylic acids is 2. The predicted molar refractivity (Wildman–Crippen MR) is 85.9 cm³/mol. The summed E-state index contributed by atoms with van der Waals surface area (Å²) in [4.78, 5) is 27.3. The fourth-order valence-corrected chi connectivity index (χ4v) is 2.96. The molecule has 2 rings (SSSR count). The molecule has 7 heteroatoms. The molecule has 0 aliphatic carbocycles. The number of aryl methyl sites for hydroxylation is 2. The third-order valence-corrected chi connectivity index (χ3v) is 4.39. The number of aromatic nitrogens is 2. The van der Waals surface area contributed by atoms with E-state index in [4.69, 9.17) is 4.74 Å². The van der Waals surface area contributed by atoms with Gasteiger partial charge in [0.1, 0.15) is 0 Å². The standard InChI is InChI=1S/C16H26N4O3/c1-11-16(12(2)18-17-11)14-10-23-9-8-20(14)15(22)6-5-7-19(4)13(3)21/h14H,5-10H2,1-4H3,(H,17,18). The molecule has 1 aliphatic rings. The molecule has 128 valence electrons. The molecule has 1 unspecified atom stereocenters. The monoisotopic (exact) mass is 322 g/mol. The molecule has 1 aliphatic heterocycles. The van der Waals surface area contributed by atoms with Crippen LogP contribution in [-0.2, 0) is 14.3 Å². The van der Waals surface area contributed by atoms with E-state index < -0.39 is 0 Å². The van der Waals surface area contributed by atoms with Crippen LogP contribution in [0.4, 0.5) is 0 Å². The quantitative estimate of drug-likeness (QED) is 0.883. The third kappa shape index (κ3) is 4.10. The van der Waals surface area contributed by atoms with Gasteiger partial charge in [-0.1, -0.05) is 0 Å². The van der Waals surface area contributed by atoms with Gasteiger partial charge < -0.3 is 14.5 Å². The van der Waals surface area contributed by atoms with Crippen molar-refractivity contribution in [1.29, 1.82) is 0 Å². The molecular formula is C16H26N4O3. The summed E-state index contributed by atoms with van der Waals surface area (Å²) >= 11 is 0. The summed E-state index contributed by atoms with van der Waals surface area (Å²) in [5, 5.41) is 7.20. The highest BCUT2D eigenvalue weighted by Gasteiger charge is 2.31. The minimum Gasteiger partial charge on any atom is -0.377 e. The summed E-state index contributed by atoms with van der Waals surface area (Å²) < 4.78 is 5.58. The van der Waals surface area contributed by atoms with Crippen molar-refractivity contribution < 1.29 is 14.3 Å². The molecule has 2 amide bonds. The van der Waals surface area contributed by atoms with E-state index >= 15 is 0 Å². The minimum atomic E-state index is -0.0828. The van der Waals surface area contributed by atoms with Crippen molar-refractivity contribution in [2.45, 2.75) is 39.7 Å². The number of H-pyrrole nitrogens is 1. The van der Waals surface area contributed by atoms with Gasteiger partial charge in [0.15, 0.2) is 0 Å². The normalized spacial score (nSPS) is 18.1. The molecule has 0 radical (unpaired) electrons. The zero-order valence-corrected chi connectivity index (χ0v) is 14.4. The summed E-state index contributed by atoms with van der Waals surface area (Å²) in [5.41, 5.74) is 2.94. The number of nitrogens with zero attached hydrogens (tertiary/aromatic N) is 3. The lowest BCUT2D eigenvalue weighted by molar-refractivity contribution is -0.140. The summed E-state index contributed by atoms with van der Waals surface area (Å²) in [5.74, 6) is 0.126. The van der Waals surface area contributed by atoms with Crippen LogP contribution >= 0.6 is 0 Å². The number of hydrogen-bond donors (Lipinski definition) is 1. The maximum atomic E-state index is 12.6. The Labute approximate surface area is 137 Å². The van der Waals surface area contributed by atoms with Gasteiger partial charge in [-0.15, -0.1) is 0 Å². The van der Waals surface area contributed by atoms with Crippen LogP contribution in [-0.4, -0.2) is 65.2 Å². The first-order valence-corrected chi connectivity index (χ1v) is 8.02. The highest BCUT2D eigenvalue weighted by Crippen LogP contribution is 2.28. The Morgan fingerprint density at radius 2 is 2.17 bits per heavy atom. The van der Waals surface area contributed by atoms with Gasteiger partial charge in [0.05, 0.1) is 24.9 Å². The third-order valence-electron chi connectivity index (χ3n) is 4.39. The van der Waals surface area contributed by atoms with Crippen LogP contribution < -0.4 is 0 Å². The van der Waals surface area contributed by atoms with E-state index in [2.05, 4.69) is 10.2 Å². The summed E-state index contributed by atoms with van der Waals surface area (Å²) in [6, 6.07) is -0.0828. The summed E-state index contributed by atoms with van der Waals surface area (Å²) in [6.07, 6.45) is 1.10. The lowest BCUT2D eigenvalue weighted by atomic mass is 10.0. The van der Waals surface area contributed by atoms with E-state index in [9.17, 15) is 9.59 Å². The second-order valence-corrected chi connectivity index (χ2v) is 6.07. The van der Waals surface area contributed by atoms with E-state index in [1.165, 1.54) is 6.92 Å². The van der Waals surface area contributed by atoms with Gasteiger partial charge in [0, 0.05) is 44.7 Å². The molecule has 1 atom stereocenters. The van der Waals surface area contributed by atoms with Crippen LogP contribution in [0.2, 0.25) is 0 Å². The SMILES string of the molecule is CC(=O)N(C)CCCC(=O)N1CCOCC1c1c(C)n[nH]c1C. The number of aromatic amines is 1. The van der Waals surface area contributed by atoms with E-state index in [0.717, 1.165) is 17.0 Å². The molecule has 0 bridgehead atoms. The number of nitrogens with one attached hydrogen (secondary N) is 1. The van der Waals surface area contributed by atoms with Gasteiger partial charge in [-0.25, -0.2) is 0 Å². The Hall–Kier alpha value is -1.89. The molecule has 0 aromatic carbocycles. The second kappa shape index (κ2) is 7.59. The van der Waals surface area contributed by atoms with Crippen molar-refractivity contribution in [2.24, 2.45) is 0 Å². The number of hydrogen-bond acceptors (Lipinski definition) is 4. The lowest BCUT2D eigenvalue weighted by Gasteiger charge is -2.36. The van der Waals surface area contributed by atoms with Crippen molar-refractivity contribution >= 4 is 11.8 Å². The second-order valence-electron chi connectivity index (χ2n) is 6.07. The Bertz CT molecular complexity index is 550. The highest BCUT2D eigenvalue weighted by atomic mass is 16.5. The first-order valence-electron chi connectivity index (χ1n) is 8.02. The first kappa shape index (κ1) is 17.5. The Balaban J connectivity index is 2.01. The van der Waals surface area contributed by atoms with Crippen molar-refractivity contribution in [3.05, 3.63) is 17.0 Å². The fourth-order valence-electron chi connectivity index (χ4n) is 2.96. The van der Waals surface area contributed by atoms with Crippen molar-refractivity contribution in [2.75, 3.05) is 33.4 Å². The zero-order valence-electron chi connectivity index (χ0n) is 14.4. The molecule has 23 heavy (non-hydrogen) atoms. The Morgan fingerprint density at radius 3 is 2.78 bits per heavy atom. The fraction of sp³-hybridized carbons (Fsp3) is 0.688. The predicted octanol–water partition coefficient (Wildman–Crippen LogP) is 1.18. The molecular weight excluding hydrogens is 296 g/mol. The van der Waals surface area contributed by atoms with Gasteiger partial charge >= 0.3 is 0 Å². The number of carbonyl (C=O) groups is 2. The molecule has 0 saturated carbocycles. The smallest absolute Gasteiger partial charge is 0.223 e. The van der Waals surface area contributed by atoms with Crippen molar-refractivity contribution in [1.82, 2.24) is 20.0 Å². The molecule has 1 N–H and O–H groups in total. The van der Waals surface area contributed by atoms with Crippen LogP contribution in [0.1, 0.15) is 42.8 Å². The van der Waals surface area contributed by atoms with Gasteiger partial charge in [-0.3, -0.25) is 14.7 Å². The molecule has 0 spiro atoms. The van der Waals surface area contributed by atoms with Crippen molar-refractivity contribution in [3.8, 4) is 0 Å². The van der Waals surface area contributed by atoms with Crippen LogP contribution in [0.25, 0.3) is 0 Å². The number of morpholine rings is 1. The van der Waals surface area contributed by atoms with E-state index in [1.54, 1.807) is 11.9 Å². The topological polar surface area (TPSA) is 78.5 Å².